The van der Waals surface area contributed by atoms with Crippen LogP contribution in [-0.2, 0) is 12.3 Å². The largest absolute Gasteiger partial charge is 0.497 e. The van der Waals surface area contributed by atoms with Crippen molar-refractivity contribution in [2.75, 3.05) is 12.8 Å². The molecule has 1 aromatic heterocycles. The molecule has 0 saturated carbocycles. The van der Waals surface area contributed by atoms with Crippen LogP contribution in [0.1, 0.15) is 32.7 Å². The Morgan fingerprint density at radius 1 is 1.29 bits per heavy atom. The van der Waals surface area contributed by atoms with Gasteiger partial charge in [-0.1, -0.05) is 23.7 Å². The summed E-state index contributed by atoms with van der Waals surface area (Å²) in [6.07, 6.45) is 0. The first-order valence-corrected chi connectivity index (χ1v) is 10.5. The molecule has 0 fully saturated rings. The van der Waals surface area contributed by atoms with E-state index in [0.717, 1.165) is 12.1 Å². The third-order valence-corrected chi connectivity index (χ3v) is 6.33. The van der Waals surface area contributed by atoms with Crippen LogP contribution >= 0.6 is 11.6 Å². The molecule has 3 aromatic carbocycles. The molecule has 1 amide bonds. The number of nitrogens with two attached hydrogens (primary N) is 1. The fourth-order valence-electron chi connectivity index (χ4n) is 4.41. The number of nitrogens with one attached hydrogen (secondary N) is 1. The Kier molecular flexibility index (Phi) is 4.93. The van der Waals surface area contributed by atoms with Crippen LogP contribution in [0, 0.1) is 17.1 Å². The molecule has 34 heavy (non-hydrogen) atoms. The van der Waals surface area contributed by atoms with E-state index >= 15 is 0 Å². The van der Waals surface area contributed by atoms with E-state index < -0.39 is 17.4 Å². The first kappa shape index (κ1) is 21.7. The number of fused-ring (bicyclic) bond motifs is 3. The smallest absolute Gasteiger partial charge is 0.259 e. The number of carbonyl (C=O) groups is 1. The summed E-state index contributed by atoms with van der Waals surface area (Å²) in [5, 5.41) is 28.6. The molecule has 0 spiro atoms. The Labute approximate surface area is 197 Å². The van der Waals surface area contributed by atoms with Gasteiger partial charge in [0.25, 0.3) is 5.91 Å². The van der Waals surface area contributed by atoms with Crippen molar-refractivity contribution in [3.05, 3.63) is 87.3 Å². The summed E-state index contributed by atoms with van der Waals surface area (Å²) in [5.74, 6) is -0.610. The molecule has 0 bridgehead atoms. The number of aliphatic hydroxyl groups is 1. The maximum Gasteiger partial charge on any atom is 0.259 e. The quantitative estimate of drug-likeness (QED) is 0.385. The number of rotatable bonds is 4. The van der Waals surface area contributed by atoms with Crippen LogP contribution in [0.2, 0.25) is 5.02 Å². The van der Waals surface area contributed by atoms with Crippen LogP contribution in [0.5, 0.6) is 5.75 Å². The first-order chi connectivity index (χ1) is 16.3. The van der Waals surface area contributed by atoms with Gasteiger partial charge in [0.2, 0.25) is 0 Å². The zero-order valence-electron chi connectivity index (χ0n) is 17.8. The maximum atomic E-state index is 14.3. The minimum Gasteiger partial charge on any atom is -0.497 e. The highest BCUT2D eigenvalue weighted by atomic mass is 35.5. The van der Waals surface area contributed by atoms with Crippen molar-refractivity contribution < 1.29 is 19.0 Å². The van der Waals surface area contributed by atoms with Gasteiger partial charge in [0.1, 0.15) is 17.6 Å². The number of halogens is 2. The number of nitrogen functional groups attached to an aromatic ring is 1. The summed E-state index contributed by atoms with van der Waals surface area (Å²) in [7, 11) is 1.54. The van der Waals surface area contributed by atoms with Crippen molar-refractivity contribution in [2.45, 2.75) is 12.3 Å². The monoisotopic (exact) mass is 477 g/mol. The van der Waals surface area contributed by atoms with E-state index in [-0.39, 0.29) is 45.2 Å². The van der Waals surface area contributed by atoms with Crippen molar-refractivity contribution in [1.82, 2.24) is 15.1 Å². The SMILES string of the molecule is COc1ccc(CN2C(=O)c3c(c(N)cc4c(C#N)n[nH]c34)C2(O)c2cc(F)ccc2Cl)cc1. The highest BCUT2D eigenvalue weighted by Crippen LogP contribution is 2.50. The molecule has 1 unspecified atom stereocenters. The number of anilines is 1. The maximum absolute atomic E-state index is 14.3. The molecule has 1 atom stereocenters. The van der Waals surface area contributed by atoms with Crippen molar-refractivity contribution in [2.24, 2.45) is 0 Å². The van der Waals surface area contributed by atoms with E-state index in [4.69, 9.17) is 22.1 Å². The molecule has 4 aromatic rings. The average molecular weight is 478 g/mol. The molecule has 0 radical (unpaired) electrons. The lowest BCUT2D eigenvalue weighted by atomic mass is 9.90. The normalized spacial score (nSPS) is 17.1. The lowest BCUT2D eigenvalue weighted by Gasteiger charge is -2.36. The van der Waals surface area contributed by atoms with Crippen LogP contribution in [0.3, 0.4) is 0 Å². The Balaban J connectivity index is 1.79. The number of H-pyrrole nitrogens is 1. The minimum atomic E-state index is -2.19. The predicted molar refractivity (Wildman–Crippen MR) is 122 cm³/mol. The van der Waals surface area contributed by atoms with Crippen molar-refractivity contribution >= 4 is 34.1 Å². The number of carbonyl (C=O) groups excluding carboxylic acids is 1. The van der Waals surface area contributed by atoms with Crippen LogP contribution in [0.15, 0.2) is 48.5 Å². The molecule has 1 aliphatic rings. The zero-order valence-corrected chi connectivity index (χ0v) is 18.5. The van der Waals surface area contributed by atoms with Gasteiger partial charge in [0.05, 0.1) is 18.2 Å². The summed E-state index contributed by atoms with van der Waals surface area (Å²) < 4.78 is 19.5. The number of hydrogen-bond acceptors (Lipinski definition) is 6. The molecule has 2 heterocycles. The number of nitrogens with zero attached hydrogens (tertiary/aromatic N) is 3. The summed E-state index contributed by atoms with van der Waals surface area (Å²) >= 11 is 6.40. The Morgan fingerprint density at radius 2 is 2.03 bits per heavy atom. The fraction of sp³-hybridized carbons (Fsp3) is 0.125. The molecule has 170 valence electrons. The van der Waals surface area contributed by atoms with E-state index in [1.165, 1.54) is 24.1 Å². The highest BCUT2D eigenvalue weighted by molar-refractivity contribution is 6.31. The lowest BCUT2D eigenvalue weighted by Crippen LogP contribution is -2.44. The Hall–Kier alpha value is -4.13. The number of amides is 1. The van der Waals surface area contributed by atoms with Gasteiger partial charge in [-0.15, -0.1) is 0 Å². The molecule has 5 rings (SSSR count). The van der Waals surface area contributed by atoms with Crippen LogP contribution in [0.25, 0.3) is 10.9 Å². The zero-order chi connectivity index (χ0) is 24.2. The number of methoxy groups -OCH3 is 1. The second kappa shape index (κ2) is 7.73. The molecular formula is C24H17ClFN5O3. The second-order valence-electron chi connectivity index (χ2n) is 7.86. The number of nitriles is 1. The highest BCUT2D eigenvalue weighted by Gasteiger charge is 2.53. The summed E-state index contributed by atoms with van der Waals surface area (Å²) in [6.45, 7) is -0.0545. The van der Waals surface area contributed by atoms with Gasteiger partial charge in [0, 0.05) is 33.8 Å². The van der Waals surface area contributed by atoms with Gasteiger partial charge >= 0.3 is 0 Å². The number of benzene rings is 3. The van der Waals surface area contributed by atoms with Crippen molar-refractivity contribution in [1.29, 1.82) is 5.26 Å². The number of aromatic nitrogens is 2. The minimum absolute atomic E-state index is 0.0359. The molecule has 0 saturated heterocycles. The van der Waals surface area contributed by atoms with Gasteiger partial charge < -0.3 is 15.6 Å². The molecule has 0 aliphatic carbocycles. The van der Waals surface area contributed by atoms with Crippen LogP contribution < -0.4 is 10.5 Å². The molecular weight excluding hydrogens is 461 g/mol. The standard InChI is InChI=1S/C24H17ClFN5O3/c1-34-14-5-2-12(3-6-14)11-31-23(32)20-21(18(28)9-15-19(10-27)29-30-22(15)20)24(31,33)16-8-13(26)4-7-17(16)25/h2-9,33H,11,28H2,1H3,(H,29,30). The topological polar surface area (TPSA) is 128 Å². The average Bonchev–Trinajstić information content (AvgIpc) is 3.34. The van der Waals surface area contributed by atoms with Gasteiger partial charge in [-0.2, -0.15) is 10.4 Å². The third kappa shape index (κ3) is 3.00. The van der Waals surface area contributed by atoms with E-state index in [1.807, 2.05) is 6.07 Å². The van der Waals surface area contributed by atoms with Gasteiger partial charge in [0.15, 0.2) is 11.4 Å². The number of aromatic amines is 1. The summed E-state index contributed by atoms with van der Waals surface area (Å²) in [6, 6.07) is 13.9. The Morgan fingerprint density at radius 3 is 2.71 bits per heavy atom. The van der Waals surface area contributed by atoms with Gasteiger partial charge in [-0.25, -0.2) is 4.39 Å². The number of hydrogen-bond donors (Lipinski definition) is 3. The van der Waals surface area contributed by atoms with Crippen molar-refractivity contribution in [3.63, 3.8) is 0 Å². The number of ether oxygens (including phenoxy) is 1. The predicted octanol–water partition coefficient (Wildman–Crippen LogP) is 3.67. The van der Waals surface area contributed by atoms with Gasteiger partial charge in [-0.3, -0.25) is 14.8 Å². The molecule has 10 heteroatoms. The van der Waals surface area contributed by atoms with E-state index in [9.17, 15) is 19.6 Å². The van der Waals surface area contributed by atoms with Crippen molar-refractivity contribution in [3.8, 4) is 11.8 Å². The van der Waals surface area contributed by atoms with E-state index in [0.29, 0.717) is 16.7 Å². The van der Waals surface area contributed by atoms with E-state index in [2.05, 4.69) is 10.2 Å². The fourth-order valence-corrected chi connectivity index (χ4v) is 4.66. The lowest BCUT2D eigenvalue weighted by molar-refractivity contribution is -0.0539. The second-order valence-corrected chi connectivity index (χ2v) is 8.27. The van der Waals surface area contributed by atoms with Crippen LogP contribution in [0.4, 0.5) is 10.1 Å². The third-order valence-electron chi connectivity index (χ3n) is 6.00. The van der Waals surface area contributed by atoms with Crippen LogP contribution in [-0.4, -0.2) is 33.2 Å². The molecule has 4 N–H and O–H groups in total. The van der Waals surface area contributed by atoms with Gasteiger partial charge in [-0.05, 0) is 42.0 Å². The van der Waals surface area contributed by atoms with E-state index in [1.54, 1.807) is 24.3 Å². The Bertz CT molecular complexity index is 1510. The summed E-state index contributed by atoms with van der Waals surface area (Å²) in [4.78, 5) is 15.0. The molecule has 8 nitrogen and oxygen atoms in total. The summed E-state index contributed by atoms with van der Waals surface area (Å²) in [5.41, 5.74) is 5.19. The first-order valence-electron chi connectivity index (χ1n) is 10.1. The molecule has 1 aliphatic heterocycles.